The van der Waals surface area contributed by atoms with Crippen molar-refractivity contribution in [1.82, 2.24) is 14.8 Å². The van der Waals surface area contributed by atoms with Crippen LogP contribution in [0, 0.1) is 11.6 Å². The standard InChI is InChI=1S/C31H36F2N4O7S/c1-30(2,3)43-28(38)22-15-20(33)16-23-24(22)21(13-14-42-45(8,40)41)25(27-34-17-35-36(27)7)26(18-9-11-19(32)12-10-18)37(23)29(39)44-31(4,5)6/h9-13,15-17,25-26H,14H2,1-8H3/b21-13-. The van der Waals surface area contributed by atoms with Crippen LogP contribution in [0.1, 0.15) is 80.8 Å². The Bertz CT molecular complexity index is 1740. The maximum Gasteiger partial charge on any atom is 0.415 e. The van der Waals surface area contributed by atoms with E-state index in [9.17, 15) is 22.4 Å². The minimum atomic E-state index is -3.91. The van der Waals surface area contributed by atoms with Gasteiger partial charge >= 0.3 is 12.1 Å². The Hall–Kier alpha value is -4.17. The molecule has 0 fully saturated rings. The van der Waals surface area contributed by atoms with Crippen molar-refractivity contribution in [2.45, 2.75) is 64.7 Å². The third kappa shape index (κ3) is 7.92. The van der Waals surface area contributed by atoms with Gasteiger partial charge in [0.2, 0.25) is 0 Å². The highest BCUT2D eigenvalue weighted by Crippen LogP contribution is 2.54. The fourth-order valence-electron chi connectivity index (χ4n) is 5.07. The van der Waals surface area contributed by atoms with E-state index < -0.39 is 63.6 Å². The number of carbonyl (C=O) groups excluding carboxylic acids is 2. The number of nitrogens with zero attached hydrogens (tertiary/aromatic N) is 4. The number of benzene rings is 2. The number of amides is 1. The number of carbonyl (C=O) groups is 2. The summed E-state index contributed by atoms with van der Waals surface area (Å²) in [5.74, 6) is -2.99. The first-order valence-electron chi connectivity index (χ1n) is 14.0. The van der Waals surface area contributed by atoms with Crippen LogP contribution in [-0.4, -0.2) is 59.3 Å². The lowest BCUT2D eigenvalue weighted by atomic mass is 9.75. The van der Waals surface area contributed by atoms with Crippen LogP contribution in [0.2, 0.25) is 0 Å². The Kier molecular flexibility index (Phi) is 9.23. The lowest BCUT2D eigenvalue weighted by molar-refractivity contribution is 0.00678. The third-order valence-corrected chi connectivity index (χ3v) is 7.15. The molecule has 2 heterocycles. The number of esters is 1. The topological polar surface area (TPSA) is 130 Å². The highest BCUT2D eigenvalue weighted by Gasteiger charge is 2.47. The molecule has 11 nitrogen and oxygen atoms in total. The first-order valence-corrected chi connectivity index (χ1v) is 15.8. The molecule has 2 atom stereocenters. The second kappa shape index (κ2) is 12.3. The Morgan fingerprint density at radius 2 is 1.60 bits per heavy atom. The van der Waals surface area contributed by atoms with Crippen molar-refractivity contribution in [2.75, 3.05) is 17.8 Å². The lowest BCUT2D eigenvalue weighted by Gasteiger charge is -2.44. The number of aryl methyl sites for hydroxylation is 1. The summed E-state index contributed by atoms with van der Waals surface area (Å²) in [6.45, 7) is 9.45. The van der Waals surface area contributed by atoms with E-state index in [1.807, 2.05) is 0 Å². The van der Waals surface area contributed by atoms with Crippen LogP contribution in [0.5, 0.6) is 0 Å². The average molecular weight is 647 g/mol. The molecule has 2 aromatic carbocycles. The minimum absolute atomic E-state index is 0.0662. The number of anilines is 1. The maximum absolute atomic E-state index is 15.5. The van der Waals surface area contributed by atoms with Crippen molar-refractivity contribution >= 4 is 33.4 Å². The quantitative estimate of drug-likeness (QED) is 0.245. The summed E-state index contributed by atoms with van der Waals surface area (Å²) in [6.07, 6.45) is 2.70. The SMILES string of the molecule is Cn1ncnc1C1/C(=C\COS(C)(=O)=O)c2c(C(=O)OC(C)(C)C)cc(F)cc2N(C(=O)OC(C)(C)C)C1c1ccc(F)cc1. The van der Waals surface area contributed by atoms with Gasteiger partial charge in [0.15, 0.2) is 0 Å². The number of fused-ring (bicyclic) bond motifs is 1. The molecule has 1 aliphatic rings. The third-order valence-electron chi connectivity index (χ3n) is 6.59. The van der Waals surface area contributed by atoms with Gasteiger partial charge in [0.1, 0.15) is 35.0 Å². The summed E-state index contributed by atoms with van der Waals surface area (Å²) < 4.78 is 71.5. The summed E-state index contributed by atoms with van der Waals surface area (Å²) >= 11 is 0. The van der Waals surface area contributed by atoms with E-state index in [0.717, 1.165) is 18.4 Å². The Morgan fingerprint density at radius 3 is 2.13 bits per heavy atom. The van der Waals surface area contributed by atoms with E-state index in [0.29, 0.717) is 5.56 Å². The van der Waals surface area contributed by atoms with E-state index in [4.69, 9.17) is 13.7 Å². The lowest BCUT2D eigenvalue weighted by Crippen LogP contribution is -2.45. The van der Waals surface area contributed by atoms with E-state index in [1.54, 1.807) is 48.6 Å². The molecule has 4 rings (SSSR count). The predicted molar refractivity (Wildman–Crippen MR) is 162 cm³/mol. The van der Waals surface area contributed by atoms with Crippen molar-refractivity contribution < 1.29 is 40.4 Å². The molecule has 1 amide bonds. The van der Waals surface area contributed by atoms with Crippen LogP contribution in [-0.2, 0) is 30.8 Å². The molecule has 45 heavy (non-hydrogen) atoms. The summed E-state index contributed by atoms with van der Waals surface area (Å²) in [5.41, 5.74) is -1.53. The van der Waals surface area contributed by atoms with E-state index in [1.165, 1.54) is 46.3 Å². The fraction of sp³-hybridized carbons (Fsp3) is 0.419. The molecule has 0 aliphatic carbocycles. The second-order valence-corrected chi connectivity index (χ2v) is 14.2. The number of halogens is 2. The van der Waals surface area contributed by atoms with Gasteiger partial charge in [0.25, 0.3) is 10.1 Å². The van der Waals surface area contributed by atoms with Gasteiger partial charge in [-0.2, -0.15) is 13.5 Å². The Morgan fingerprint density at radius 1 is 0.978 bits per heavy atom. The monoisotopic (exact) mass is 646 g/mol. The molecule has 3 aromatic rings. The fourth-order valence-corrected chi connectivity index (χ4v) is 5.39. The molecule has 0 N–H and O–H groups in total. The molecule has 0 radical (unpaired) electrons. The Labute approximate surface area is 260 Å². The highest BCUT2D eigenvalue weighted by atomic mass is 32.2. The Balaban J connectivity index is 2.16. The average Bonchev–Trinajstić information content (AvgIpc) is 3.30. The first kappa shape index (κ1) is 33.7. The molecule has 0 saturated carbocycles. The zero-order chi connectivity index (χ0) is 33.5. The summed E-state index contributed by atoms with van der Waals surface area (Å²) in [6, 6.07) is 6.32. The molecule has 0 spiro atoms. The van der Waals surface area contributed by atoms with Gasteiger partial charge in [0.05, 0.1) is 36.1 Å². The number of ether oxygens (including phenoxy) is 2. The number of rotatable bonds is 6. The molecular formula is C31H36F2N4O7S. The van der Waals surface area contributed by atoms with Gasteiger partial charge in [-0.3, -0.25) is 13.8 Å². The van der Waals surface area contributed by atoms with Crippen LogP contribution < -0.4 is 4.90 Å². The van der Waals surface area contributed by atoms with Gasteiger partial charge in [-0.15, -0.1) is 0 Å². The van der Waals surface area contributed by atoms with Crippen molar-refractivity contribution in [2.24, 2.45) is 7.05 Å². The smallest absolute Gasteiger partial charge is 0.415 e. The van der Waals surface area contributed by atoms with E-state index in [2.05, 4.69) is 10.1 Å². The summed E-state index contributed by atoms with van der Waals surface area (Å²) in [5, 5.41) is 4.20. The van der Waals surface area contributed by atoms with Gasteiger partial charge in [0, 0.05) is 12.6 Å². The van der Waals surface area contributed by atoms with Crippen molar-refractivity contribution in [1.29, 1.82) is 0 Å². The minimum Gasteiger partial charge on any atom is -0.456 e. The summed E-state index contributed by atoms with van der Waals surface area (Å²) in [4.78, 5) is 33.4. The predicted octanol–water partition coefficient (Wildman–Crippen LogP) is 5.69. The molecule has 0 bridgehead atoms. The van der Waals surface area contributed by atoms with Crippen LogP contribution in [0.15, 0.2) is 48.8 Å². The van der Waals surface area contributed by atoms with Crippen molar-refractivity contribution in [3.8, 4) is 0 Å². The summed E-state index contributed by atoms with van der Waals surface area (Å²) in [7, 11) is -2.30. The molecule has 1 aliphatic heterocycles. The van der Waals surface area contributed by atoms with Gasteiger partial charge in [-0.1, -0.05) is 18.2 Å². The zero-order valence-electron chi connectivity index (χ0n) is 26.3. The van der Waals surface area contributed by atoms with Crippen LogP contribution in [0.25, 0.3) is 5.57 Å². The number of hydrogen-bond donors (Lipinski definition) is 0. The van der Waals surface area contributed by atoms with E-state index in [-0.39, 0.29) is 28.2 Å². The molecule has 14 heteroatoms. The number of hydrogen-bond acceptors (Lipinski definition) is 9. The van der Waals surface area contributed by atoms with Crippen LogP contribution >= 0.6 is 0 Å². The molecule has 0 saturated heterocycles. The molecular weight excluding hydrogens is 610 g/mol. The van der Waals surface area contributed by atoms with Crippen molar-refractivity contribution in [3.05, 3.63) is 83.0 Å². The molecule has 2 unspecified atom stereocenters. The van der Waals surface area contributed by atoms with Gasteiger partial charge in [-0.25, -0.2) is 23.4 Å². The van der Waals surface area contributed by atoms with E-state index >= 15 is 4.39 Å². The number of aromatic nitrogens is 3. The van der Waals surface area contributed by atoms with Crippen LogP contribution in [0.4, 0.5) is 19.3 Å². The first-order chi connectivity index (χ1) is 20.8. The van der Waals surface area contributed by atoms with Gasteiger partial charge < -0.3 is 9.47 Å². The molecule has 1 aromatic heterocycles. The highest BCUT2D eigenvalue weighted by molar-refractivity contribution is 7.86. The normalized spacial score (nSPS) is 18.1. The maximum atomic E-state index is 15.5. The zero-order valence-corrected chi connectivity index (χ0v) is 27.1. The van der Waals surface area contributed by atoms with Gasteiger partial charge in [-0.05, 0) is 76.9 Å². The largest absolute Gasteiger partial charge is 0.456 e. The second-order valence-electron chi connectivity index (χ2n) is 12.6. The van der Waals surface area contributed by atoms with Crippen LogP contribution in [0.3, 0.4) is 0 Å². The molecule has 242 valence electrons. The van der Waals surface area contributed by atoms with Crippen molar-refractivity contribution in [3.63, 3.8) is 0 Å².